The summed E-state index contributed by atoms with van der Waals surface area (Å²) in [6.07, 6.45) is 4.41. The number of aromatic nitrogens is 1. The number of pyridine rings is 1. The van der Waals surface area contributed by atoms with E-state index in [9.17, 15) is 5.11 Å². The number of benzene rings is 2. The molecule has 1 N–H and O–H groups in total. The van der Waals surface area contributed by atoms with E-state index in [1.807, 2.05) is 42.5 Å². The van der Waals surface area contributed by atoms with Gasteiger partial charge in [0.2, 0.25) is 0 Å². The summed E-state index contributed by atoms with van der Waals surface area (Å²) in [7, 11) is 0. The summed E-state index contributed by atoms with van der Waals surface area (Å²) in [4.78, 5) is 4.66. The Morgan fingerprint density at radius 2 is 1.84 bits per heavy atom. The summed E-state index contributed by atoms with van der Waals surface area (Å²) in [6, 6.07) is 18.1. The van der Waals surface area contributed by atoms with Gasteiger partial charge < -0.3 is 9.84 Å². The van der Waals surface area contributed by atoms with Crippen molar-refractivity contribution in [1.29, 1.82) is 0 Å². The Morgan fingerprint density at radius 3 is 2.68 bits per heavy atom. The monoisotopic (exact) mass is 335 g/mol. The second-order valence-corrected chi connectivity index (χ2v) is 6.29. The van der Waals surface area contributed by atoms with Crippen molar-refractivity contribution in [3.63, 3.8) is 0 Å². The van der Waals surface area contributed by atoms with Crippen molar-refractivity contribution < 1.29 is 9.84 Å². The van der Waals surface area contributed by atoms with Gasteiger partial charge >= 0.3 is 0 Å². The Bertz CT molecular complexity index is 829. The van der Waals surface area contributed by atoms with E-state index in [4.69, 9.17) is 4.74 Å². The Hall–Kier alpha value is -2.39. The Labute approximate surface area is 149 Å². The van der Waals surface area contributed by atoms with Crippen molar-refractivity contribution in [2.45, 2.75) is 45.8 Å². The first-order valence-electron chi connectivity index (χ1n) is 9.01. The Balaban J connectivity index is 1.76. The van der Waals surface area contributed by atoms with Crippen LogP contribution < -0.4 is 4.74 Å². The van der Waals surface area contributed by atoms with E-state index in [0.717, 1.165) is 46.3 Å². The van der Waals surface area contributed by atoms with Crippen molar-refractivity contribution in [3.8, 4) is 5.75 Å². The van der Waals surface area contributed by atoms with Gasteiger partial charge in [-0.3, -0.25) is 0 Å². The molecule has 0 aliphatic rings. The van der Waals surface area contributed by atoms with Gasteiger partial charge in [-0.2, -0.15) is 0 Å². The van der Waals surface area contributed by atoms with Gasteiger partial charge in [0.1, 0.15) is 12.4 Å². The van der Waals surface area contributed by atoms with E-state index in [1.165, 1.54) is 12.8 Å². The molecule has 0 radical (unpaired) electrons. The standard InChI is InChI=1S/C22H25NO2/c1-2-3-4-10-20-18(15-24)9-7-12-22(20)25-16-19-14-13-17-8-5-6-11-21(17)23-19/h5-9,11-14,24H,2-4,10,15-16H2,1H3. The minimum Gasteiger partial charge on any atom is -0.487 e. The van der Waals surface area contributed by atoms with Crippen LogP contribution in [0.15, 0.2) is 54.6 Å². The molecule has 0 atom stereocenters. The van der Waals surface area contributed by atoms with E-state index in [2.05, 4.69) is 24.0 Å². The Morgan fingerprint density at radius 1 is 0.960 bits per heavy atom. The van der Waals surface area contributed by atoms with E-state index in [1.54, 1.807) is 0 Å². The average molecular weight is 335 g/mol. The summed E-state index contributed by atoms with van der Waals surface area (Å²) >= 11 is 0. The Kier molecular flexibility index (Phi) is 6.02. The molecule has 0 bridgehead atoms. The number of nitrogens with zero attached hydrogens (tertiary/aromatic N) is 1. The maximum Gasteiger partial charge on any atom is 0.130 e. The summed E-state index contributed by atoms with van der Waals surface area (Å²) in [5, 5.41) is 10.8. The van der Waals surface area contributed by atoms with Crippen molar-refractivity contribution in [3.05, 3.63) is 71.4 Å². The summed E-state index contributed by atoms with van der Waals surface area (Å²) in [6.45, 7) is 2.67. The minimum absolute atomic E-state index is 0.0485. The van der Waals surface area contributed by atoms with Crippen LogP contribution in [0, 0.1) is 0 Å². The molecule has 2 aromatic carbocycles. The van der Waals surface area contributed by atoms with Gasteiger partial charge in [-0.05, 0) is 42.2 Å². The fourth-order valence-corrected chi connectivity index (χ4v) is 3.07. The highest BCUT2D eigenvalue weighted by molar-refractivity contribution is 5.78. The fourth-order valence-electron chi connectivity index (χ4n) is 3.07. The lowest BCUT2D eigenvalue weighted by Gasteiger charge is -2.15. The van der Waals surface area contributed by atoms with Gasteiger partial charge in [0.15, 0.2) is 0 Å². The first-order valence-corrected chi connectivity index (χ1v) is 9.01. The molecule has 0 spiro atoms. The molecule has 1 heterocycles. The molecule has 0 aliphatic heterocycles. The zero-order valence-corrected chi connectivity index (χ0v) is 14.7. The topological polar surface area (TPSA) is 42.4 Å². The second kappa shape index (κ2) is 8.63. The van der Waals surface area contributed by atoms with Gasteiger partial charge in [-0.1, -0.05) is 56.2 Å². The number of para-hydroxylation sites is 1. The number of hydrogen-bond acceptors (Lipinski definition) is 3. The highest BCUT2D eigenvalue weighted by atomic mass is 16.5. The summed E-state index contributed by atoms with van der Waals surface area (Å²) < 4.78 is 6.07. The van der Waals surface area contributed by atoms with Crippen LogP contribution in [0.1, 0.15) is 43.0 Å². The van der Waals surface area contributed by atoms with Gasteiger partial charge in [-0.25, -0.2) is 4.98 Å². The molecule has 3 heteroatoms. The van der Waals surface area contributed by atoms with Crippen molar-refractivity contribution in [2.75, 3.05) is 0 Å². The molecular weight excluding hydrogens is 310 g/mol. The zero-order valence-electron chi connectivity index (χ0n) is 14.7. The van der Waals surface area contributed by atoms with Gasteiger partial charge in [0, 0.05) is 5.39 Å². The van der Waals surface area contributed by atoms with Crippen LogP contribution in [0.2, 0.25) is 0 Å². The van der Waals surface area contributed by atoms with Crippen LogP contribution in [0.4, 0.5) is 0 Å². The fraction of sp³-hybridized carbons (Fsp3) is 0.318. The number of unbranched alkanes of at least 4 members (excludes halogenated alkanes) is 2. The van der Waals surface area contributed by atoms with Crippen molar-refractivity contribution in [2.24, 2.45) is 0 Å². The van der Waals surface area contributed by atoms with E-state index >= 15 is 0 Å². The molecule has 0 fully saturated rings. The van der Waals surface area contributed by atoms with E-state index in [0.29, 0.717) is 6.61 Å². The van der Waals surface area contributed by atoms with Crippen molar-refractivity contribution >= 4 is 10.9 Å². The first kappa shape index (κ1) is 17.4. The zero-order chi connectivity index (χ0) is 17.5. The predicted molar refractivity (Wildman–Crippen MR) is 102 cm³/mol. The molecule has 1 aromatic heterocycles. The summed E-state index contributed by atoms with van der Waals surface area (Å²) in [5.41, 5.74) is 3.97. The minimum atomic E-state index is 0.0485. The maximum atomic E-state index is 9.64. The number of fused-ring (bicyclic) bond motifs is 1. The van der Waals surface area contributed by atoms with Gasteiger partial charge in [0.25, 0.3) is 0 Å². The molecular formula is C22H25NO2. The molecule has 3 rings (SSSR count). The third kappa shape index (κ3) is 4.37. The number of rotatable bonds is 8. The molecule has 0 saturated heterocycles. The smallest absolute Gasteiger partial charge is 0.130 e. The van der Waals surface area contributed by atoms with Crippen LogP contribution in [0.25, 0.3) is 10.9 Å². The van der Waals surface area contributed by atoms with Crippen LogP contribution in [0.5, 0.6) is 5.75 Å². The number of hydrogen-bond donors (Lipinski definition) is 1. The third-order valence-electron chi connectivity index (χ3n) is 4.46. The molecule has 0 saturated carbocycles. The molecule has 130 valence electrons. The van der Waals surface area contributed by atoms with Crippen LogP contribution in [-0.2, 0) is 19.6 Å². The lowest BCUT2D eigenvalue weighted by atomic mass is 10.0. The first-order chi connectivity index (χ1) is 12.3. The van der Waals surface area contributed by atoms with E-state index in [-0.39, 0.29) is 6.61 Å². The molecule has 0 aliphatic carbocycles. The average Bonchev–Trinajstić information content (AvgIpc) is 2.67. The molecule has 0 unspecified atom stereocenters. The van der Waals surface area contributed by atoms with Crippen LogP contribution in [0.3, 0.4) is 0 Å². The van der Waals surface area contributed by atoms with Gasteiger partial charge in [0.05, 0.1) is 17.8 Å². The van der Waals surface area contributed by atoms with E-state index < -0.39 is 0 Å². The molecule has 3 aromatic rings. The SMILES string of the molecule is CCCCCc1c(CO)cccc1OCc1ccc2ccccc2n1. The van der Waals surface area contributed by atoms with Crippen LogP contribution in [-0.4, -0.2) is 10.1 Å². The van der Waals surface area contributed by atoms with Gasteiger partial charge in [-0.15, -0.1) is 0 Å². The number of aliphatic hydroxyl groups is 1. The third-order valence-corrected chi connectivity index (χ3v) is 4.46. The molecule has 25 heavy (non-hydrogen) atoms. The lowest BCUT2D eigenvalue weighted by Crippen LogP contribution is -2.03. The van der Waals surface area contributed by atoms with Crippen molar-refractivity contribution in [1.82, 2.24) is 4.98 Å². The van der Waals surface area contributed by atoms with Crippen LogP contribution >= 0.6 is 0 Å². The number of ether oxygens (including phenoxy) is 1. The summed E-state index contributed by atoms with van der Waals surface area (Å²) in [5.74, 6) is 0.859. The molecule has 0 amide bonds. The molecule has 3 nitrogen and oxygen atoms in total. The predicted octanol–water partition coefficient (Wildman–Crippen LogP) is 5.04. The normalized spacial score (nSPS) is 11.0. The second-order valence-electron chi connectivity index (χ2n) is 6.29. The maximum absolute atomic E-state index is 9.64. The number of aliphatic hydroxyl groups excluding tert-OH is 1. The largest absolute Gasteiger partial charge is 0.487 e. The highest BCUT2D eigenvalue weighted by Crippen LogP contribution is 2.26. The highest BCUT2D eigenvalue weighted by Gasteiger charge is 2.10. The lowest BCUT2D eigenvalue weighted by molar-refractivity contribution is 0.274. The quantitative estimate of drug-likeness (QED) is 0.587.